The summed E-state index contributed by atoms with van der Waals surface area (Å²) in [6.07, 6.45) is -4.74. The highest BCUT2D eigenvalue weighted by molar-refractivity contribution is 7.89. The maximum Gasteiger partial charge on any atom is 0.416 e. The van der Waals surface area contributed by atoms with Gasteiger partial charge in [0.1, 0.15) is 0 Å². The summed E-state index contributed by atoms with van der Waals surface area (Å²) < 4.78 is 84.4. The second-order valence-electron chi connectivity index (χ2n) is 4.14. The molecule has 6 nitrogen and oxygen atoms in total. The van der Waals surface area contributed by atoms with Crippen molar-refractivity contribution in [1.82, 2.24) is 4.72 Å². The van der Waals surface area contributed by atoms with Crippen molar-refractivity contribution in [3.63, 3.8) is 0 Å². The Kier molecular flexibility index (Phi) is 5.36. The van der Waals surface area contributed by atoms with Crippen LogP contribution in [0.5, 0.6) is 0 Å². The molecule has 1 aromatic rings. The lowest BCUT2D eigenvalue weighted by atomic mass is 10.2. The zero-order valence-corrected chi connectivity index (χ0v) is 12.2. The van der Waals surface area contributed by atoms with Crippen LogP contribution in [-0.4, -0.2) is 29.1 Å². The van der Waals surface area contributed by atoms with Gasteiger partial charge in [0.2, 0.25) is 20.0 Å². The maximum absolute atomic E-state index is 12.5. The standard InChI is InChI=1S/C10H13F3N2O4S2/c11-10(12,13)8-3-1-4-9(7-8)21(18,19)15-5-2-6-20(14,16)17/h1,3-4,7,15H,2,5-6H2,(H2,14,16,17). The van der Waals surface area contributed by atoms with Crippen molar-refractivity contribution in [2.45, 2.75) is 17.5 Å². The first kappa shape index (κ1) is 17.9. The van der Waals surface area contributed by atoms with Crippen molar-refractivity contribution in [3.8, 4) is 0 Å². The predicted molar refractivity (Wildman–Crippen MR) is 69.2 cm³/mol. The van der Waals surface area contributed by atoms with Gasteiger partial charge in [0, 0.05) is 6.54 Å². The number of halogens is 3. The number of primary sulfonamides is 1. The van der Waals surface area contributed by atoms with Gasteiger partial charge in [-0.1, -0.05) is 6.07 Å². The first-order valence-electron chi connectivity index (χ1n) is 5.59. The highest BCUT2D eigenvalue weighted by Gasteiger charge is 2.31. The molecule has 0 saturated carbocycles. The van der Waals surface area contributed by atoms with Crippen LogP contribution in [-0.2, 0) is 26.2 Å². The topological polar surface area (TPSA) is 106 Å². The normalized spacial score (nSPS) is 13.3. The van der Waals surface area contributed by atoms with Gasteiger partial charge in [-0.3, -0.25) is 0 Å². The molecule has 11 heteroatoms. The molecule has 0 saturated heterocycles. The van der Waals surface area contributed by atoms with E-state index in [0.717, 1.165) is 18.2 Å². The fourth-order valence-corrected chi connectivity index (χ4v) is 3.07. The molecule has 0 atom stereocenters. The first-order valence-corrected chi connectivity index (χ1v) is 8.79. The van der Waals surface area contributed by atoms with E-state index in [0.29, 0.717) is 6.07 Å². The lowest BCUT2D eigenvalue weighted by Gasteiger charge is -2.10. The zero-order valence-electron chi connectivity index (χ0n) is 10.6. The van der Waals surface area contributed by atoms with E-state index < -0.39 is 42.4 Å². The minimum absolute atomic E-state index is 0.0863. The van der Waals surface area contributed by atoms with Crippen molar-refractivity contribution in [2.75, 3.05) is 12.3 Å². The quantitative estimate of drug-likeness (QED) is 0.738. The number of nitrogens with two attached hydrogens (primary N) is 1. The second kappa shape index (κ2) is 6.30. The molecular formula is C10H13F3N2O4S2. The molecule has 0 bridgehead atoms. The minimum Gasteiger partial charge on any atom is -0.229 e. The number of sulfonamides is 2. The van der Waals surface area contributed by atoms with Crippen LogP contribution in [0.3, 0.4) is 0 Å². The number of benzene rings is 1. The highest BCUT2D eigenvalue weighted by Crippen LogP contribution is 2.30. The van der Waals surface area contributed by atoms with Gasteiger partial charge in [-0.05, 0) is 24.6 Å². The van der Waals surface area contributed by atoms with E-state index in [1.807, 2.05) is 4.72 Å². The monoisotopic (exact) mass is 346 g/mol. The third kappa shape index (κ3) is 5.99. The van der Waals surface area contributed by atoms with Gasteiger partial charge in [-0.2, -0.15) is 13.2 Å². The highest BCUT2D eigenvalue weighted by atomic mass is 32.2. The summed E-state index contributed by atoms with van der Waals surface area (Å²) in [5, 5.41) is 4.73. The molecule has 0 spiro atoms. The van der Waals surface area contributed by atoms with Gasteiger partial charge in [0.05, 0.1) is 16.2 Å². The van der Waals surface area contributed by atoms with Crippen LogP contribution in [0.1, 0.15) is 12.0 Å². The average molecular weight is 346 g/mol. The number of hydrogen-bond acceptors (Lipinski definition) is 4. The molecule has 1 rings (SSSR count). The van der Waals surface area contributed by atoms with Gasteiger partial charge >= 0.3 is 6.18 Å². The van der Waals surface area contributed by atoms with E-state index in [4.69, 9.17) is 5.14 Å². The molecule has 0 radical (unpaired) electrons. The molecular weight excluding hydrogens is 333 g/mol. The molecule has 0 fully saturated rings. The Labute approximate surface area is 120 Å². The van der Waals surface area contributed by atoms with Gasteiger partial charge < -0.3 is 0 Å². The van der Waals surface area contributed by atoms with Crippen LogP contribution in [0.15, 0.2) is 29.2 Å². The summed E-state index contributed by atoms with van der Waals surface area (Å²) in [6.45, 7) is -0.255. The van der Waals surface area contributed by atoms with E-state index in [9.17, 15) is 30.0 Å². The maximum atomic E-state index is 12.5. The molecule has 0 aromatic heterocycles. The van der Waals surface area contributed by atoms with Crippen molar-refractivity contribution >= 4 is 20.0 Å². The summed E-state index contributed by atoms with van der Waals surface area (Å²) in [5.41, 5.74) is -1.09. The third-order valence-corrected chi connectivity index (χ3v) is 4.69. The molecule has 3 N–H and O–H groups in total. The Morgan fingerprint density at radius 1 is 1.14 bits per heavy atom. The average Bonchev–Trinajstić information content (AvgIpc) is 2.33. The summed E-state index contributed by atoms with van der Waals surface area (Å²) in [6, 6.07) is 3.24. The van der Waals surface area contributed by atoms with E-state index in [1.165, 1.54) is 0 Å². The molecule has 1 aromatic carbocycles. The van der Waals surface area contributed by atoms with Crippen molar-refractivity contribution in [2.24, 2.45) is 5.14 Å². The largest absolute Gasteiger partial charge is 0.416 e. The molecule has 0 unspecified atom stereocenters. The fraction of sp³-hybridized carbons (Fsp3) is 0.400. The Bertz CT molecular complexity index is 699. The van der Waals surface area contributed by atoms with Gasteiger partial charge in [0.25, 0.3) is 0 Å². The lowest BCUT2D eigenvalue weighted by molar-refractivity contribution is -0.137. The van der Waals surface area contributed by atoms with Crippen LogP contribution in [0.4, 0.5) is 13.2 Å². The van der Waals surface area contributed by atoms with Gasteiger partial charge in [0.15, 0.2) is 0 Å². The van der Waals surface area contributed by atoms with Crippen LogP contribution < -0.4 is 9.86 Å². The lowest BCUT2D eigenvalue weighted by Crippen LogP contribution is -2.27. The summed E-state index contributed by atoms with van der Waals surface area (Å²) >= 11 is 0. The van der Waals surface area contributed by atoms with Crippen molar-refractivity contribution in [1.29, 1.82) is 0 Å². The van der Waals surface area contributed by atoms with Crippen LogP contribution in [0.25, 0.3) is 0 Å². The molecule has 0 amide bonds. The van der Waals surface area contributed by atoms with Crippen molar-refractivity contribution in [3.05, 3.63) is 29.8 Å². The molecule has 0 aliphatic carbocycles. The molecule has 0 aliphatic rings. The van der Waals surface area contributed by atoms with E-state index >= 15 is 0 Å². The number of hydrogen-bond donors (Lipinski definition) is 2. The summed E-state index contributed by atoms with van der Waals surface area (Å²) in [7, 11) is -7.86. The SMILES string of the molecule is NS(=O)(=O)CCCNS(=O)(=O)c1cccc(C(F)(F)F)c1. The summed E-state index contributed by atoms with van der Waals surface area (Å²) in [5.74, 6) is -0.432. The van der Waals surface area contributed by atoms with Crippen LogP contribution in [0.2, 0.25) is 0 Å². The predicted octanol–water partition coefficient (Wildman–Crippen LogP) is 0.662. The second-order valence-corrected chi connectivity index (χ2v) is 7.64. The first-order chi connectivity index (χ1) is 9.42. The van der Waals surface area contributed by atoms with E-state index in [-0.39, 0.29) is 13.0 Å². The van der Waals surface area contributed by atoms with Crippen LogP contribution in [0, 0.1) is 0 Å². The number of nitrogens with one attached hydrogen (secondary N) is 1. The minimum atomic E-state index is -4.65. The van der Waals surface area contributed by atoms with Crippen molar-refractivity contribution < 1.29 is 30.0 Å². The van der Waals surface area contributed by atoms with Crippen LogP contribution >= 0.6 is 0 Å². The summed E-state index contributed by atoms with van der Waals surface area (Å²) in [4.78, 5) is -0.548. The van der Waals surface area contributed by atoms with E-state index in [1.54, 1.807) is 0 Å². The molecule has 120 valence electrons. The number of alkyl halides is 3. The molecule has 0 heterocycles. The number of rotatable bonds is 6. The third-order valence-electron chi connectivity index (χ3n) is 2.37. The Balaban J connectivity index is 2.80. The zero-order chi connectivity index (χ0) is 16.3. The Morgan fingerprint density at radius 2 is 1.76 bits per heavy atom. The molecule has 21 heavy (non-hydrogen) atoms. The molecule has 0 aliphatic heterocycles. The van der Waals surface area contributed by atoms with E-state index in [2.05, 4.69) is 0 Å². The smallest absolute Gasteiger partial charge is 0.229 e. The Morgan fingerprint density at radius 3 is 2.29 bits per heavy atom. The van der Waals surface area contributed by atoms with Gasteiger partial charge in [-0.25, -0.2) is 26.7 Å². The van der Waals surface area contributed by atoms with Gasteiger partial charge in [-0.15, -0.1) is 0 Å². The fourth-order valence-electron chi connectivity index (χ4n) is 1.40. The Hall–Kier alpha value is -1.17.